The second-order valence-corrected chi connectivity index (χ2v) is 4.53. The Balaban J connectivity index is 2.08. The van der Waals surface area contributed by atoms with E-state index in [4.69, 9.17) is 4.74 Å². The Hall–Kier alpha value is -1.09. The smallest absolute Gasteiger partial charge is 0.146 e. The zero-order valence-electron chi connectivity index (χ0n) is 9.79. The van der Waals surface area contributed by atoms with Crippen LogP contribution in [0.5, 0.6) is 0 Å². The first kappa shape index (κ1) is 11.4. The highest BCUT2D eigenvalue weighted by Crippen LogP contribution is 2.34. The molecule has 3 heteroatoms. The number of rotatable bonds is 5. The van der Waals surface area contributed by atoms with Gasteiger partial charge >= 0.3 is 0 Å². The first-order chi connectivity index (χ1) is 7.70. The lowest BCUT2D eigenvalue weighted by Crippen LogP contribution is -2.27. The Morgan fingerprint density at radius 2 is 2.25 bits per heavy atom. The number of ether oxygens (including phenoxy) is 1. The Labute approximate surface area is 95.8 Å². The van der Waals surface area contributed by atoms with Gasteiger partial charge in [0.05, 0.1) is 18.3 Å². The number of nitrogens with one attached hydrogen (secondary N) is 1. The molecule has 1 fully saturated rings. The van der Waals surface area contributed by atoms with Gasteiger partial charge in [-0.3, -0.25) is 0 Å². The molecule has 0 radical (unpaired) electrons. The molecule has 0 heterocycles. The molecular formula is C13H18FNO. The first-order valence-electron chi connectivity index (χ1n) is 5.72. The van der Waals surface area contributed by atoms with E-state index < -0.39 is 0 Å². The number of benzene rings is 1. The van der Waals surface area contributed by atoms with Crippen molar-refractivity contribution in [3.8, 4) is 0 Å². The highest BCUT2D eigenvalue weighted by atomic mass is 19.1. The van der Waals surface area contributed by atoms with Crippen molar-refractivity contribution < 1.29 is 9.13 Å². The summed E-state index contributed by atoms with van der Waals surface area (Å²) < 4.78 is 18.7. The lowest BCUT2D eigenvalue weighted by atomic mass is 10.1. The van der Waals surface area contributed by atoms with Crippen molar-refractivity contribution in [1.29, 1.82) is 0 Å². The highest BCUT2D eigenvalue weighted by molar-refractivity contribution is 5.48. The number of methoxy groups -OCH3 is 1. The first-order valence-corrected chi connectivity index (χ1v) is 5.72. The zero-order valence-corrected chi connectivity index (χ0v) is 9.79. The zero-order chi connectivity index (χ0) is 11.5. The second kappa shape index (κ2) is 4.83. The van der Waals surface area contributed by atoms with Crippen LogP contribution in [0.15, 0.2) is 18.2 Å². The Kier molecular flexibility index (Phi) is 3.44. The SMILES string of the molecule is COCC(Nc1cc(C)ccc1F)C1CC1. The normalized spacial score (nSPS) is 17.2. The van der Waals surface area contributed by atoms with E-state index in [0.717, 1.165) is 5.56 Å². The van der Waals surface area contributed by atoms with E-state index in [9.17, 15) is 4.39 Å². The molecule has 88 valence electrons. The topological polar surface area (TPSA) is 21.3 Å². The largest absolute Gasteiger partial charge is 0.383 e. The minimum Gasteiger partial charge on any atom is -0.383 e. The third kappa shape index (κ3) is 2.73. The minimum atomic E-state index is -0.188. The molecular weight excluding hydrogens is 205 g/mol. The number of hydrogen-bond acceptors (Lipinski definition) is 2. The van der Waals surface area contributed by atoms with Crippen molar-refractivity contribution in [3.05, 3.63) is 29.6 Å². The van der Waals surface area contributed by atoms with Gasteiger partial charge in [-0.15, -0.1) is 0 Å². The molecule has 1 aliphatic rings. The average Bonchev–Trinajstić information content (AvgIpc) is 3.06. The van der Waals surface area contributed by atoms with E-state index in [1.54, 1.807) is 13.2 Å². The van der Waals surface area contributed by atoms with Crippen LogP contribution >= 0.6 is 0 Å². The fourth-order valence-electron chi connectivity index (χ4n) is 1.92. The number of hydrogen-bond donors (Lipinski definition) is 1. The van der Waals surface area contributed by atoms with Crippen LogP contribution in [-0.4, -0.2) is 19.8 Å². The standard InChI is InChI=1S/C13H18FNO/c1-9-3-6-11(14)12(7-9)15-13(8-16-2)10-4-5-10/h3,6-7,10,13,15H,4-5,8H2,1-2H3. The summed E-state index contributed by atoms with van der Waals surface area (Å²) in [7, 11) is 1.68. The highest BCUT2D eigenvalue weighted by Gasteiger charge is 2.31. The summed E-state index contributed by atoms with van der Waals surface area (Å²) in [5, 5.41) is 3.25. The molecule has 1 aliphatic carbocycles. The molecule has 2 rings (SSSR count). The van der Waals surface area contributed by atoms with Crippen molar-refractivity contribution >= 4 is 5.69 Å². The van der Waals surface area contributed by atoms with Gasteiger partial charge in [0, 0.05) is 7.11 Å². The molecule has 1 atom stereocenters. The van der Waals surface area contributed by atoms with Gasteiger partial charge in [0.2, 0.25) is 0 Å². The van der Waals surface area contributed by atoms with Crippen molar-refractivity contribution in [2.75, 3.05) is 19.0 Å². The monoisotopic (exact) mass is 223 g/mol. The maximum atomic E-state index is 13.6. The van der Waals surface area contributed by atoms with E-state index in [1.807, 2.05) is 13.0 Å². The van der Waals surface area contributed by atoms with Gasteiger partial charge in [-0.2, -0.15) is 0 Å². The van der Waals surface area contributed by atoms with E-state index in [1.165, 1.54) is 18.9 Å². The maximum absolute atomic E-state index is 13.6. The van der Waals surface area contributed by atoms with Crippen LogP contribution in [0.25, 0.3) is 0 Å². The Morgan fingerprint density at radius 3 is 2.88 bits per heavy atom. The molecule has 0 amide bonds. The summed E-state index contributed by atoms with van der Waals surface area (Å²) in [5.74, 6) is 0.451. The molecule has 1 aromatic rings. The molecule has 0 aliphatic heterocycles. The third-order valence-electron chi connectivity index (χ3n) is 3.00. The minimum absolute atomic E-state index is 0.188. The van der Waals surface area contributed by atoms with Gasteiger partial charge < -0.3 is 10.1 Å². The van der Waals surface area contributed by atoms with Gasteiger partial charge in [0.15, 0.2) is 0 Å². The van der Waals surface area contributed by atoms with E-state index >= 15 is 0 Å². The van der Waals surface area contributed by atoms with Crippen LogP contribution < -0.4 is 5.32 Å². The van der Waals surface area contributed by atoms with Crippen LogP contribution in [-0.2, 0) is 4.74 Å². The van der Waals surface area contributed by atoms with Gasteiger partial charge in [-0.05, 0) is 43.4 Å². The Morgan fingerprint density at radius 1 is 1.50 bits per heavy atom. The van der Waals surface area contributed by atoms with Crippen LogP contribution in [0.3, 0.4) is 0 Å². The summed E-state index contributed by atoms with van der Waals surface area (Å²) in [6.07, 6.45) is 2.43. The lowest BCUT2D eigenvalue weighted by Gasteiger charge is -2.19. The fourth-order valence-corrected chi connectivity index (χ4v) is 1.92. The van der Waals surface area contributed by atoms with Crippen molar-refractivity contribution in [3.63, 3.8) is 0 Å². The summed E-state index contributed by atoms with van der Waals surface area (Å²) >= 11 is 0. The van der Waals surface area contributed by atoms with Crippen molar-refractivity contribution in [2.45, 2.75) is 25.8 Å². The molecule has 2 nitrogen and oxygen atoms in total. The quantitative estimate of drug-likeness (QED) is 0.828. The summed E-state index contributed by atoms with van der Waals surface area (Å²) in [4.78, 5) is 0. The Bertz CT molecular complexity index is 363. The van der Waals surface area contributed by atoms with E-state index in [-0.39, 0.29) is 11.9 Å². The molecule has 1 aromatic carbocycles. The summed E-state index contributed by atoms with van der Waals surface area (Å²) in [5.41, 5.74) is 1.66. The van der Waals surface area contributed by atoms with Gasteiger partial charge in [0.1, 0.15) is 5.82 Å². The van der Waals surface area contributed by atoms with Crippen LogP contribution in [0.4, 0.5) is 10.1 Å². The van der Waals surface area contributed by atoms with Gasteiger partial charge in [-0.1, -0.05) is 6.07 Å². The number of halogens is 1. The van der Waals surface area contributed by atoms with Crippen molar-refractivity contribution in [2.24, 2.45) is 5.92 Å². The van der Waals surface area contributed by atoms with Crippen LogP contribution in [0.2, 0.25) is 0 Å². The fraction of sp³-hybridized carbons (Fsp3) is 0.538. The van der Waals surface area contributed by atoms with E-state index in [0.29, 0.717) is 18.2 Å². The molecule has 0 bridgehead atoms. The van der Waals surface area contributed by atoms with Crippen molar-refractivity contribution in [1.82, 2.24) is 0 Å². The van der Waals surface area contributed by atoms with E-state index in [2.05, 4.69) is 5.32 Å². The molecule has 1 saturated carbocycles. The molecule has 16 heavy (non-hydrogen) atoms. The number of anilines is 1. The predicted molar refractivity (Wildman–Crippen MR) is 63.1 cm³/mol. The molecule has 0 spiro atoms. The van der Waals surface area contributed by atoms with Gasteiger partial charge in [0.25, 0.3) is 0 Å². The third-order valence-corrected chi connectivity index (χ3v) is 3.00. The van der Waals surface area contributed by atoms with Gasteiger partial charge in [-0.25, -0.2) is 4.39 Å². The second-order valence-electron chi connectivity index (χ2n) is 4.53. The summed E-state index contributed by atoms with van der Waals surface area (Å²) in [6.45, 7) is 2.60. The molecule has 1 N–H and O–H groups in total. The number of aryl methyl sites for hydroxylation is 1. The maximum Gasteiger partial charge on any atom is 0.146 e. The van der Waals surface area contributed by atoms with Crippen LogP contribution in [0.1, 0.15) is 18.4 Å². The lowest BCUT2D eigenvalue weighted by molar-refractivity contribution is 0.179. The molecule has 0 aromatic heterocycles. The predicted octanol–water partition coefficient (Wildman–Crippen LogP) is 2.97. The van der Waals surface area contributed by atoms with Crippen LogP contribution in [0, 0.1) is 18.7 Å². The summed E-state index contributed by atoms with van der Waals surface area (Å²) in [6, 6.07) is 5.37. The molecule has 0 saturated heterocycles. The average molecular weight is 223 g/mol. The molecule has 1 unspecified atom stereocenters.